The Morgan fingerprint density at radius 2 is 2.00 bits per heavy atom. The van der Waals surface area contributed by atoms with E-state index in [0.29, 0.717) is 30.2 Å². The number of benzene rings is 2. The van der Waals surface area contributed by atoms with Crippen molar-refractivity contribution in [3.05, 3.63) is 77.1 Å². The third-order valence-electron chi connectivity index (χ3n) is 3.46. The van der Waals surface area contributed by atoms with Crippen LogP contribution in [0.2, 0.25) is 0 Å². The number of halogens is 1. The maximum atomic E-state index is 13.6. The highest BCUT2D eigenvalue weighted by atomic mass is 19.1. The summed E-state index contributed by atoms with van der Waals surface area (Å²) in [6.07, 6.45) is 2.21. The van der Waals surface area contributed by atoms with Crippen molar-refractivity contribution in [1.82, 2.24) is 5.32 Å². The van der Waals surface area contributed by atoms with Gasteiger partial charge in [0.2, 0.25) is 0 Å². The molecule has 0 heterocycles. The minimum atomic E-state index is -0.202. The average Bonchev–Trinajstić information content (AvgIpc) is 2.56. The molecule has 0 fully saturated rings. The second-order valence-corrected chi connectivity index (χ2v) is 5.41. The highest BCUT2D eigenvalue weighted by Gasteiger charge is 2.04. The second-order valence-electron chi connectivity index (χ2n) is 5.41. The fraction of sp³-hybridized carbons (Fsp3) is 0.211. The number of anilines is 1. The van der Waals surface area contributed by atoms with Gasteiger partial charge in [-0.3, -0.25) is 0 Å². The number of aliphatic imine (C=N–C) groups is 1. The van der Waals surface area contributed by atoms with Crippen LogP contribution in [0.1, 0.15) is 18.1 Å². The maximum Gasteiger partial charge on any atom is 0.170 e. The zero-order valence-electron chi connectivity index (χ0n) is 14.0. The zero-order chi connectivity index (χ0) is 17.4. The van der Waals surface area contributed by atoms with E-state index in [9.17, 15) is 4.39 Å². The summed E-state index contributed by atoms with van der Waals surface area (Å²) in [7, 11) is 0. The summed E-state index contributed by atoms with van der Waals surface area (Å²) >= 11 is 0. The van der Waals surface area contributed by atoms with Crippen LogP contribution >= 0.6 is 0 Å². The van der Waals surface area contributed by atoms with Gasteiger partial charge in [-0.25, -0.2) is 9.38 Å². The lowest BCUT2D eigenvalue weighted by Crippen LogP contribution is -2.26. The van der Waals surface area contributed by atoms with Crippen LogP contribution in [0.3, 0.4) is 0 Å². The molecule has 0 aliphatic heterocycles. The third-order valence-corrected chi connectivity index (χ3v) is 3.46. The minimum Gasteiger partial charge on any atom is -0.382 e. The molecule has 0 aliphatic rings. The summed E-state index contributed by atoms with van der Waals surface area (Å²) in [5.41, 5.74) is 8.80. The molecule has 0 saturated carbocycles. The van der Waals surface area contributed by atoms with Gasteiger partial charge in [-0.05, 0) is 49.6 Å². The predicted molar refractivity (Wildman–Crippen MR) is 98.3 cm³/mol. The van der Waals surface area contributed by atoms with Crippen molar-refractivity contribution in [3.8, 4) is 0 Å². The number of rotatable bonds is 7. The van der Waals surface area contributed by atoms with Crippen LogP contribution in [0.4, 0.5) is 10.1 Å². The predicted octanol–water partition coefficient (Wildman–Crippen LogP) is 3.55. The number of nitrogens with one attached hydrogen (secondary N) is 2. The highest BCUT2D eigenvalue weighted by molar-refractivity contribution is 5.58. The molecule has 0 unspecified atom stereocenters. The van der Waals surface area contributed by atoms with Crippen LogP contribution in [0.15, 0.2) is 65.2 Å². The quantitative estimate of drug-likeness (QED) is 0.682. The Labute approximate surface area is 142 Å². The first-order chi connectivity index (χ1) is 11.6. The van der Waals surface area contributed by atoms with Gasteiger partial charge >= 0.3 is 0 Å². The molecule has 0 spiro atoms. The van der Waals surface area contributed by atoms with Crippen molar-refractivity contribution < 1.29 is 4.39 Å². The summed E-state index contributed by atoms with van der Waals surface area (Å²) in [5, 5.41) is 6.29. The van der Waals surface area contributed by atoms with Crippen molar-refractivity contribution >= 4 is 11.9 Å². The molecule has 0 bridgehead atoms. The van der Waals surface area contributed by atoms with Crippen LogP contribution in [0, 0.1) is 12.7 Å². The van der Waals surface area contributed by atoms with Crippen molar-refractivity contribution in [2.45, 2.75) is 20.3 Å². The monoisotopic (exact) mass is 326 g/mol. The smallest absolute Gasteiger partial charge is 0.170 e. The Hall–Kier alpha value is -2.82. The van der Waals surface area contributed by atoms with Crippen LogP contribution in [0.25, 0.3) is 0 Å². The van der Waals surface area contributed by atoms with E-state index >= 15 is 0 Å². The molecule has 2 rings (SSSR count). The molecular formula is C19H23FN4. The summed E-state index contributed by atoms with van der Waals surface area (Å²) in [5.74, 6) is 0.758. The lowest BCUT2D eigenvalue weighted by atomic mass is 10.1. The van der Waals surface area contributed by atoms with E-state index in [1.54, 1.807) is 18.3 Å². The first-order valence-corrected chi connectivity index (χ1v) is 7.89. The molecule has 0 saturated heterocycles. The number of hydrogen-bond donors (Lipinski definition) is 3. The Balaban J connectivity index is 2.03. The van der Waals surface area contributed by atoms with Gasteiger partial charge in [0.1, 0.15) is 11.6 Å². The third kappa shape index (κ3) is 5.12. The molecule has 5 heteroatoms. The Morgan fingerprint density at radius 1 is 1.21 bits per heavy atom. The molecule has 0 radical (unpaired) electrons. The van der Waals surface area contributed by atoms with E-state index < -0.39 is 0 Å². The largest absolute Gasteiger partial charge is 0.382 e. The molecule has 0 aliphatic carbocycles. The molecule has 126 valence electrons. The standard InChI is InChI=1S/C19H23FN4/c1-3-22-19(24-16-9-6-7-14(2)13-16)18(21)23-12-11-15-8-4-5-10-17(15)20/h3-10,13,23-24H,11-12,21H2,1-2H3/b19-18-,22-3-. The van der Waals surface area contributed by atoms with E-state index in [-0.39, 0.29) is 5.82 Å². The van der Waals surface area contributed by atoms with Gasteiger partial charge in [-0.1, -0.05) is 30.3 Å². The first-order valence-electron chi connectivity index (χ1n) is 7.89. The van der Waals surface area contributed by atoms with Gasteiger partial charge in [0, 0.05) is 18.4 Å². The molecule has 0 atom stereocenters. The Morgan fingerprint density at radius 3 is 2.71 bits per heavy atom. The van der Waals surface area contributed by atoms with Gasteiger partial charge in [-0.15, -0.1) is 0 Å². The Kier molecular flexibility index (Phi) is 6.37. The fourth-order valence-corrected chi connectivity index (χ4v) is 2.27. The normalized spacial score (nSPS) is 12.1. The molecule has 2 aromatic rings. The lowest BCUT2D eigenvalue weighted by molar-refractivity contribution is 0.604. The summed E-state index contributed by atoms with van der Waals surface area (Å²) in [6, 6.07) is 14.7. The molecule has 24 heavy (non-hydrogen) atoms. The molecule has 4 N–H and O–H groups in total. The number of hydrogen-bond acceptors (Lipinski definition) is 4. The summed E-state index contributed by atoms with van der Waals surface area (Å²) in [4.78, 5) is 4.27. The van der Waals surface area contributed by atoms with Crippen molar-refractivity contribution in [2.24, 2.45) is 10.7 Å². The molecule has 2 aromatic carbocycles. The van der Waals surface area contributed by atoms with Crippen molar-refractivity contribution in [1.29, 1.82) is 0 Å². The summed E-state index contributed by atoms with van der Waals surface area (Å²) < 4.78 is 13.6. The van der Waals surface area contributed by atoms with Gasteiger partial charge in [0.25, 0.3) is 0 Å². The first kappa shape index (κ1) is 17.5. The topological polar surface area (TPSA) is 62.4 Å². The average molecular weight is 326 g/mol. The van der Waals surface area contributed by atoms with Gasteiger partial charge in [0.15, 0.2) is 5.82 Å². The lowest BCUT2D eigenvalue weighted by Gasteiger charge is -2.13. The fourth-order valence-electron chi connectivity index (χ4n) is 2.27. The van der Waals surface area contributed by atoms with E-state index in [2.05, 4.69) is 15.6 Å². The van der Waals surface area contributed by atoms with Gasteiger partial charge in [-0.2, -0.15) is 0 Å². The van der Waals surface area contributed by atoms with Crippen LogP contribution in [0.5, 0.6) is 0 Å². The molecule has 4 nitrogen and oxygen atoms in total. The number of aryl methyl sites for hydroxylation is 1. The van der Waals surface area contributed by atoms with Crippen molar-refractivity contribution in [3.63, 3.8) is 0 Å². The maximum absolute atomic E-state index is 13.6. The highest BCUT2D eigenvalue weighted by Crippen LogP contribution is 2.13. The number of nitrogens with zero attached hydrogens (tertiary/aromatic N) is 1. The SMILES string of the molecule is C/C=N\C(Nc1cccc(C)c1)=C(/N)NCCc1ccccc1F. The molecule has 0 aromatic heterocycles. The molecule has 0 amide bonds. The van der Waals surface area contributed by atoms with Crippen LogP contribution < -0.4 is 16.4 Å². The van der Waals surface area contributed by atoms with E-state index in [1.165, 1.54) is 6.07 Å². The van der Waals surface area contributed by atoms with Crippen LogP contribution in [-0.4, -0.2) is 12.8 Å². The minimum absolute atomic E-state index is 0.202. The van der Waals surface area contributed by atoms with Gasteiger partial charge in [0.05, 0.1) is 0 Å². The molecular weight excluding hydrogens is 303 g/mol. The Bertz CT molecular complexity index is 738. The van der Waals surface area contributed by atoms with Crippen molar-refractivity contribution in [2.75, 3.05) is 11.9 Å². The van der Waals surface area contributed by atoms with E-state index in [4.69, 9.17) is 5.73 Å². The number of nitrogens with two attached hydrogens (primary N) is 1. The van der Waals surface area contributed by atoms with E-state index in [1.807, 2.05) is 44.2 Å². The van der Waals surface area contributed by atoms with Gasteiger partial charge < -0.3 is 16.4 Å². The zero-order valence-corrected chi connectivity index (χ0v) is 14.0. The van der Waals surface area contributed by atoms with E-state index in [0.717, 1.165) is 11.3 Å². The summed E-state index contributed by atoms with van der Waals surface area (Å²) in [6.45, 7) is 4.36. The second kappa shape index (κ2) is 8.72. The van der Waals surface area contributed by atoms with Crippen LogP contribution in [-0.2, 0) is 6.42 Å².